The summed E-state index contributed by atoms with van der Waals surface area (Å²) in [6, 6.07) is 1.65. The summed E-state index contributed by atoms with van der Waals surface area (Å²) < 4.78 is 38.3. The van der Waals surface area contributed by atoms with Gasteiger partial charge < -0.3 is 5.32 Å². The Morgan fingerprint density at radius 2 is 1.79 bits per heavy atom. The van der Waals surface area contributed by atoms with Crippen molar-refractivity contribution >= 4 is 35.1 Å². The Morgan fingerprint density at radius 1 is 1.17 bits per heavy atom. The van der Waals surface area contributed by atoms with Crippen LogP contribution in [0.2, 0.25) is 5.15 Å². The number of pyridine rings is 1. The second-order valence-electron chi connectivity index (χ2n) is 7.49. The highest BCUT2D eigenvalue weighted by Crippen LogP contribution is 2.34. The molecule has 2 N–H and O–H groups in total. The minimum absolute atomic E-state index is 0.00115. The standard InChI is InChI=1S/C18H20ClF3N4O3/c1-9-10(5-8-13(27)24-17(2,3)4)16(29)26(15(9)28)25-12-7-6-11(14(19)23-12)18(20,21)22/h6-7H,5,8H2,1-4H3,(H,23,25)(H,24,27). The number of imide groups is 1. The Labute approximate surface area is 170 Å². The molecule has 0 saturated heterocycles. The first-order valence-electron chi connectivity index (χ1n) is 8.60. The van der Waals surface area contributed by atoms with Crippen LogP contribution in [-0.2, 0) is 20.6 Å². The van der Waals surface area contributed by atoms with E-state index in [0.717, 1.165) is 6.07 Å². The number of aromatic nitrogens is 1. The van der Waals surface area contributed by atoms with Crippen molar-refractivity contribution in [3.8, 4) is 0 Å². The molecule has 29 heavy (non-hydrogen) atoms. The van der Waals surface area contributed by atoms with Crippen LogP contribution in [0.15, 0.2) is 23.3 Å². The van der Waals surface area contributed by atoms with E-state index < -0.39 is 34.2 Å². The molecule has 2 rings (SSSR count). The molecule has 158 valence electrons. The number of nitrogens with one attached hydrogen (secondary N) is 2. The monoisotopic (exact) mass is 432 g/mol. The van der Waals surface area contributed by atoms with Crippen molar-refractivity contribution in [1.82, 2.24) is 15.3 Å². The first kappa shape index (κ1) is 22.7. The number of nitrogens with zero attached hydrogens (tertiary/aromatic N) is 2. The number of alkyl halides is 3. The smallest absolute Gasteiger partial charge is 0.351 e. The second kappa shape index (κ2) is 8.02. The average Bonchev–Trinajstić information content (AvgIpc) is 2.74. The molecule has 1 aliphatic rings. The Hall–Kier alpha value is -2.62. The lowest BCUT2D eigenvalue weighted by Crippen LogP contribution is -2.40. The lowest BCUT2D eigenvalue weighted by atomic mass is 10.0. The van der Waals surface area contributed by atoms with E-state index in [2.05, 4.69) is 15.7 Å². The number of anilines is 1. The summed E-state index contributed by atoms with van der Waals surface area (Å²) >= 11 is 5.55. The number of amides is 3. The maximum absolute atomic E-state index is 12.8. The molecule has 1 aromatic heterocycles. The van der Waals surface area contributed by atoms with E-state index in [-0.39, 0.29) is 35.7 Å². The molecule has 3 amide bonds. The summed E-state index contributed by atoms with van der Waals surface area (Å²) in [5, 5.41) is 2.58. The number of halogens is 4. The van der Waals surface area contributed by atoms with Crippen molar-refractivity contribution in [3.05, 3.63) is 34.0 Å². The fourth-order valence-corrected chi connectivity index (χ4v) is 2.88. The molecule has 0 atom stereocenters. The van der Waals surface area contributed by atoms with Crippen LogP contribution in [0.1, 0.15) is 46.1 Å². The summed E-state index contributed by atoms with van der Waals surface area (Å²) in [5.74, 6) is -1.86. The highest BCUT2D eigenvalue weighted by Gasteiger charge is 2.37. The van der Waals surface area contributed by atoms with Crippen molar-refractivity contribution in [2.75, 3.05) is 5.43 Å². The zero-order valence-corrected chi connectivity index (χ0v) is 17.0. The molecule has 1 aliphatic heterocycles. The van der Waals surface area contributed by atoms with E-state index in [1.54, 1.807) is 0 Å². The molecule has 0 unspecified atom stereocenters. The Balaban J connectivity index is 2.10. The van der Waals surface area contributed by atoms with Crippen LogP contribution in [0, 0.1) is 0 Å². The van der Waals surface area contributed by atoms with Crippen LogP contribution in [0.4, 0.5) is 19.0 Å². The third kappa shape index (κ3) is 5.47. The van der Waals surface area contributed by atoms with Crippen LogP contribution in [0.3, 0.4) is 0 Å². The van der Waals surface area contributed by atoms with Gasteiger partial charge in [-0.1, -0.05) is 11.6 Å². The SMILES string of the molecule is CC1=C(CCC(=O)NC(C)(C)C)C(=O)N(Nc2ccc(C(F)(F)F)c(Cl)n2)C1=O. The first-order valence-corrected chi connectivity index (χ1v) is 8.98. The number of carbonyl (C=O) groups is 3. The molecule has 0 saturated carbocycles. The van der Waals surface area contributed by atoms with Gasteiger partial charge in [-0.3, -0.25) is 19.8 Å². The van der Waals surface area contributed by atoms with E-state index in [0.29, 0.717) is 11.1 Å². The maximum Gasteiger partial charge on any atom is 0.419 e. The maximum atomic E-state index is 12.8. The summed E-state index contributed by atoms with van der Waals surface area (Å²) in [6.07, 6.45) is -4.64. The molecule has 11 heteroatoms. The molecule has 0 aliphatic carbocycles. The predicted octanol–water partition coefficient (Wildman–Crippen LogP) is 3.46. The molecule has 0 fully saturated rings. The van der Waals surface area contributed by atoms with Crippen LogP contribution < -0.4 is 10.7 Å². The van der Waals surface area contributed by atoms with Crippen LogP contribution in [0.25, 0.3) is 0 Å². The Morgan fingerprint density at radius 3 is 2.31 bits per heavy atom. The van der Waals surface area contributed by atoms with Gasteiger partial charge in [0.15, 0.2) is 0 Å². The van der Waals surface area contributed by atoms with Crippen LogP contribution in [0.5, 0.6) is 0 Å². The number of hydrogen-bond acceptors (Lipinski definition) is 5. The minimum atomic E-state index is -4.68. The summed E-state index contributed by atoms with van der Waals surface area (Å²) in [5.41, 5.74) is 1.09. The van der Waals surface area contributed by atoms with E-state index in [9.17, 15) is 27.6 Å². The number of rotatable bonds is 5. The number of carbonyl (C=O) groups excluding carboxylic acids is 3. The largest absolute Gasteiger partial charge is 0.419 e. The molecule has 0 aromatic carbocycles. The lowest BCUT2D eigenvalue weighted by molar-refractivity contribution is -0.138. The van der Waals surface area contributed by atoms with Crippen molar-refractivity contribution < 1.29 is 27.6 Å². The zero-order chi connectivity index (χ0) is 22.1. The van der Waals surface area contributed by atoms with E-state index >= 15 is 0 Å². The molecular weight excluding hydrogens is 413 g/mol. The van der Waals surface area contributed by atoms with Gasteiger partial charge in [-0.15, -0.1) is 0 Å². The van der Waals surface area contributed by atoms with Gasteiger partial charge in [0.25, 0.3) is 11.8 Å². The highest BCUT2D eigenvalue weighted by atomic mass is 35.5. The molecule has 1 aromatic rings. The average molecular weight is 433 g/mol. The van der Waals surface area contributed by atoms with Gasteiger partial charge in [0, 0.05) is 23.1 Å². The molecule has 0 radical (unpaired) electrons. The minimum Gasteiger partial charge on any atom is -0.351 e. The highest BCUT2D eigenvalue weighted by molar-refractivity contribution is 6.30. The quantitative estimate of drug-likeness (QED) is 0.549. The fourth-order valence-electron chi connectivity index (χ4n) is 2.62. The molecule has 0 spiro atoms. The Kier molecular flexibility index (Phi) is 6.27. The van der Waals surface area contributed by atoms with Gasteiger partial charge in [-0.2, -0.15) is 18.2 Å². The van der Waals surface area contributed by atoms with Gasteiger partial charge in [0.2, 0.25) is 5.91 Å². The fraction of sp³-hybridized carbons (Fsp3) is 0.444. The first-order chi connectivity index (χ1) is 13.2. The van der Waals surface area contributed by atoms with Crippen molar-refractivity contribution in [2.24, 2.45) is 0 Å². The predicted molar refractivity (Wildman–Crippen MR) is 99.6 cm³/mol. The van der Waals surface area contributed by atoms with Crippen molar-refractivity contribution in [2.45, 2.75) is 52.3 Å². The van der Waals surface area contributed by atoms with Gasteiger partial charge in [-0.25, -0.2) is 4.98 Å². The van der Waals surface area contributed by atoms with Crippen molar-refractivity contribution in [1.29, 1.82) is 0 Å². The summed E-state index contributed by atoms with van der Waals surface area (Å²) in [4.78, 5) is 40.4. The second-order valence-corrected chi connectivity index (χ2v) is 7.85. The van der Waals surface area contributed by atoms with Crippen LogP contribution in [-0.4, -0.2) is 33.3 Å². The van der Waals surface area contributed by atoms with E-state index in [4.69, 9.17) is 11.6 Å². The number of hydrazine groups is 1. The number of hydrogen-bond donors (Lipinski definition) is 2. The van der Waals surface area contributed by atoms with Gasteiger partial charge in [-0.05, 0) is 46.2 Å². The normalized spacial score (nSPS) is 15.2. The molecule has 7 nitrogen and oxygen atoms in total. The van der Waals surface area contributed by atoms with Gasteiger partial charge in [0.05, 0.1) is 5.56 Å². The summed E-state index contributed by atoms with van der Waals surface area (Å²) in [7, 11) is 0. The lowest BCUT2D eigenvalue weighted by Gasteiger charge is -2.20. The molecule has 2 heterocycles. The zero-order valence-electron chi connectivity index (χ0n) is 16.2. The van der Waals surface area contributed by atoms with Gasteiger partial charge >= 0.3 is 6.18 Å². The molecule has 0 bridgehead atoms. The van der Waals surface area contributed by atoms with Gasteiger partial charge in [0.1, 0.15) is 11.0 Å². The topological polar surface area (TPSA) is 91.4 Å². The van der Waals surface area contributed by atoms with Crippen LogP contribution >= 0.6 is 11.6 Å². The van der Waals surface area contributed by atoms with E-state index in [1.807, 2.05) is 20.8 Å². The third-order valence-electron chi connectivity index (χ3n) is 3.93. The summed E-state index contributed by atoms with van der Waals surface area (Å²) in [6.45, 7) is 6.88. The van der Waals surface area contributed by atoms with Crippen molar-refractivity contribution in [3.63, 3.8) is 0 Å². The van der Waals surface area contributed by atoms with E-state index in [1.165, 1.54) is 6.92 Å². The third-order valence-corrected chi connectivity index (χ3v) is 4.22. The molecular formula is C18H20ClF3N4O3. The Bertz CT molecular complexity index is 891.